The van der Waals surface area contributed by atoms with Gasteiger partial charge < -0.3 is 10.2 Å². The number of anilines is 2. The van der Waals surface area contributed by atoms with Crippen LogP contribution in [0.15, 0.2) is 89.8 Å². The Kier molecular flexibility index (Phi) is 7.67. The first-order chi connectivity index (χ1) is 15.0. The summed E-state index contributed by atoms with van der Waals surface area (Å²) in [5.74, 6) is -0.180. The van der Waals surface area contributed by atoms with E-state index in [0.717, 1.165) is 19.5 Å². The number of hydrogen-bond donors (Lipinski definition) is 2. The second-order valence-corrected chi connectivity index (χ2v) is 8.70. The monoisotopic (exact) mass is 437 g/mol. The van der Waals surface area contributed by atoms with E-state index in [0.29, 0.717) is 17.8 Å². The molecule has 6 nitrogen and oxygen atoms in total. The maximum absolute atomic E-state index is 12.4. The Morgan fingerprint density at radius 1 is 0.871 bits per heavy atom. The van der Waals surface area contributed by atoms with Crippen molar-refractivity contribution in [1.29, 1.82) is 0 Å². The second-order valence-electron chi connectivity index (χ2n) is 7.02. The Hall–Kier alpha value is -3.32. The zero-order chi connectivity index (χ0) is 22.1. The molecule has 0 fully saturated rings. The maximum atomic E-state index is 12.4. The van der Waals surface area contributed by atoms with Gasteiger partial charge in [0.25, 0.3) is 15.9 Å². The SMILES string of the molecule is CCN(CCCNC(=O)c1ccc(NS(=O)(=O)c2ccccc2)cc1)c1ccccc1. The van der Waals surface area contributed by atoms with Gasteiger partial charge in [-0.15, -0.1) is 0 Å². The van der Waals surface area contributed by atoms with Crippen LogP contribution in [0, 0.1) is 0 Å². The fourth-order valence-electron chi connectivity index (χ4n) is 3.19. The number of amides is 1. The molecule has 0 aliphatic rings. The molecule has 3 aromatic carbocycles. The molecule has 31 heavy (non-hydrogen) atoms. The summed E-state index contributed by atoms with van der Waals surface area (Å²) in [6.07, 6.45) is 0.823. The number of rotatable bonds is 10. The topological polar surface area (TPSA) is 78.5 Å². The Morgan fingerprint density at radius 3 is 2.10 bits per heavy atom. The van der Waals surface area contributed by atoms with Gasteiger partial charge in [0.1, 0.15) is 0 Å². The summed E-state index contributed by atoms with van der Waals surface area (Å²) in [4.78, 5) is 14.8. The summed E-state index contributed by atoms with van der Waals surface area (Å²) in [7, 11) is -3.65. The molecule has 3 aromatic rings. The van der Waals surface area contributed by atoms with Crippen molar-refractivity contribution in [2.75, 3.05) is 29.3 Å². The molecule has 0 spiro atoms. The maximum Gasteiger partial charge on any atom is 0.261 e. The number of sulfonamides is 1. The third-order valence-corrected chi connectivity index (χ3v) is 6.24. The largest absolute Gasteiger partial charge is 0.372 e. The van der Waals surface area contributed by atoms with Crippen LogP contribution in [0.5, 0.6) is 0 Å². The second kappa shape index (κ2) is 10.6. The zero-order valence-corrected chi connectivity index (χ0v) is 18.3. The van der Waals surface area contributed by atoms with E-state index in [2.05, 4.69) is 34.0 Å². The molecule has 0 aliphatic heterocycles. The van der Waals surface area contributed by atoms with Crippen molar-refractivity contribution in [2.45, 2.75) is 18.2 Å². The molecule has 3 rings (SSSR count). The van der Waals surface area contributed by atoms with Gasteiger partial charge in [-0.05, 0) is 61.9 Å². The highest BCUT2D eigenvalue weighted by molar-refractivity contribution is 7.92. The Balaban J connectivity index is 1.49. The molecule has 0 radical (unpaired) electrons. The summed E-state index contributed by atoms with van der Waals surface area (Å²) >= 11 is 0. The van der Waals surface area contributed by atoms with Crippen molar-refractivity contribution in [1.82, 2.24) is 5.32 Å². The van der Waals surface area contributed by atoms with Crippen molar-refractivity contribution in [3.05, 3.63) is 90.5 Å². The highest BCUT2D eigenvalue weighted by atomic mass is 32.2. The van der Waals surface area contributed by atoms with Crippen molar-refractivity contribution < 1.29 is 13.2 Å². The van der Waals surface area contributed by atoms with Crippen molar-refractivity contribution in [3.63, 3.8) is 0 Å². The number of hydrogen-bond acceptors (Lipinski definition) is 4. The average molecular weight is 438 g/mol. The summed E-state index contributed by atoms with van der Waals surface area (Å²) in [6, 6.07) is 24.7. The highest BCUT2D eigenvalue weighted by Gasteiger charge is 2.14. The van der Waals surface area contributed by atoms with Gasteiger partial charge in [0.15, 0.2) is 0 Å². The quantitative estimate of drug-likeness (QED) is 0.468. The van der Waals surface area contributed by atoms with E-state index in [4.69, 9.17) is 0 Å². The van der Waals surface area contributed by atoms with E-state index in [1.165, 1.54) is 17.8 Å². The average Bonchev–Trinajstić information content (AvgIpc) is 2.80. The number of benzene rings is 3. The van der Waals surface area contributed by atoms with E-state index >= 15 is 0 Å². The third kappa shape index (κ3) is 6.33. The van der Waals surface area contributed by atoms with Crippen LogP contribution in [0.3, 0.4) is 0 Å². The van der Waals surface area contributed by atoms with Gasteiger partial charge >= 0.3 is 0 Å². The normalized spacial score (nSPS) is 11.0. The summed E-state index contributed by atoms with van der Waals surface area (Å²) in [6.45, 7) is 4.42. The van der Waals surface area contributed by atoms with Crippen LogP contribution in [0.25, 0.3) is 0 Å². The number of nitrogens with zero attached hydrogens (tertiary/aromatic N) is 1. The van der Waals surface area contributed by atoms with Crippen LogP contribution in [0.4, 0.5) is 11.4 Å². The minimum absolute atomic E-state index is 0.180. The fraction of sp³-hybridized carbons (Fsp3) is 0.208. The molecular weight excluding hydrogens is 410 g/mol. The Morgan fingerprint density at radius 2 is 1.48 bits per heavy atom. The van der Waals surface area contributed by atoms with Crippen molar-refractivity contribution in [2.24, 2.45) is 0 Å². The molecule has 1 amide bonds. The molecule has 0 aromatic heterocycles. The van der Waals surface area contributed by atoms with Crippen LogP contribution in [0.2, 0.25) is 0 Å². The van der Waals surface area contributed by atoms with Gasteiger partial charge in [0.2, 0.25) is 0 Å². The van der Waals surface area contributed by atoms with E-state index in [9.17, 15) is 13.2 Å². The van der Waals surface area contributed by atoms with E-state index in [1.54, 1.807) is 42.5 Å². The van der Waals surface area contributed by atoms with Gasteiger partial charge in [-0.3, -0.25) is 9.52 Å². The first kappa shape index (κ1) is 22.4. The molecule has 0 aliphatic carbocycles. The fourth-order valence-corrected chi connectivity index (χ4v) is 4.27. The van der Waals surface area contributed by atoms with Gasteiger partial charge in [0, 0.05) is 36.6 Å². The lowest BCUT2D eigenvalue weighted by Crippen LogP contribution is -2.29. The third-order valence-electron chi connectivity index (χ3n) is 4.85. The molecule has 0 bridgehead atoms. The smallest absolute Gasteiger partial charge is 0.261 e. The molecule has 0 heterocycles. The van der Waals surface area contributed by atoms with Gasteiger partial charge in [0.05, 0.1) is 4.90 Å². The minimum Gasteiger partial charge on any atom is -0.372 e. The molecule has 7 heteroatoms. The van der Waals surface area contributed by atoms with Crippen molar-refractivity contribution >= 4 is 27.3 Å². The number of nitrogens with one attached hydrogen (secondary N) is 2. The van der Waals surface area contributed by atoms with E-state index in [-0.39, 0.29) is 10.8 Å². The number of carbonyl (C=O) groups excluding carboxylic acids is 1. The Bertz CT molecular complexity index is 1070. The van der Waals surface area contributed by atoms with Crippen LogP contribution in [-0.4, -0.2) is 34.0 Å². The molecule has 0 unspecified atom stereocenters. The molecular formula is C24H27N3O3S. The highest BCUT2D eigenvalue weighted by Crippen LogP contribution is 2.16. The number of para-hydroxylation sites is 1. The Labute approximate surface area is 184 Å². The van der Waals surface area contributed by atoms with Crippen LogP contribution < -0.4 is 14.9 Å². The number of carbonyl (C=O) groups is 1. The minimum atomic E-state index is -3.65. The van der Waals surface area contributed by atoms with Crippen LogP contribution >= 0.6 is 0 Å². The summed E-state index contributed by atoms with van der Waals surface area (Å²) in [5.41, 5.74) is 2.06. The molecule has 162 valence electrons. The first-order valence-electron chi connectivity index (χ1n) is 10.3. The van der Waals surface area contributed by atoms with Crippen molar-refractivity contribution in [3.8, 4) is 0 Å². The van der Waals surface area contributed by atoms with E-state index < -0.39 is 10.0 Å². The predicted molar refractivity (Wildman–Crippen MR) is 125 cm³/mol. The summed E-state index contributed by atoms with van der Waals surface area (Å²) in [5, 5.41) is 2.92. The van der Waals surface area contributed by atoms with Gasteiger partial charge in [-0.1, -0.05) is 36.4 Å². The van der Waals surface area contributed by atoms with Gasteiger partial charge in [-0.2, -0.15) is 0 Å². The predicted octanol–water partition coefficient (Wildman–Crippen LogP) is 4.13. The lowest BCUT2D eigenvalue weighted by atomic mass is 10.2. The zero-order valence-electron chi connectivity index (χ0n) is 17.5. The summed E-state index contributed by atoms with van der Waals surface area (Å²) < 4.78 is 27.3. The standard InChI is InChI=1S/C24H27N3O3S/c1-2-27(22-10-5-3-6-11-22)19-9-18-25-24(28)20-14-16-21(17-15-20)26-31(29,30)23-12-7-4-8-13-23/h3-8,10-17,26H,2,9,18-19H2,1H3,(H,25,28). The molecule has 0 saturated heterocycles. The van der Waals surface area contributed by atoms with Crippen LogP contribution in [-0.2, 0) is 10.0 Å². The lowest BCUT2D eigenvalue weighted by Gasteiger charge is -2.23. The lowest BCUT2D eigenvalue weighted by molar-refractivity contribution is 0.0953. The van der Waals surface area contributed by atoms with Gasteiger partial charge in [-0.25, -0.2) is 8.42 Å². The van der Waals surface area contributed by atoms with Crippen LogP contribution in [0.1, 0.15) is 23.7 Å². The molecule has 2 N–H and O–H groups in total. The van der Waals surface area contributed by atoms with E-state index in [1.807, 2.05) is 18.2 Å². The molecule has 0 atom stereocenters. The first-order valence-corrected chi connectivity index (χ1v) is 11.7. The molecule has 0 saturated carbocycles.